The van der Waals surface area contributed by atoms with E-state index < -0.39 is 0 Å². The molecule has 0 N–H and O–H groups in total. The van der Waals surface area contributed by atoms with E-state index in [1.54, 1.807) is 31.0 Å². The summed E-state index contributed by atoms with van der Waals surface area (Å²) in [5, 5.41) is -0.0395. The number of rotatable bonds is 9. The molecule has 1 fully saturated rings. The summed E-state index contributed by atoms with van der Waals surface area (Å²) in [5.74, 6) is 0.766. The van der Waals surface area contributed by atoms with E-state index in [0.29, 0.717) is 13.2 Å². The van der Waals surface area contributed by atoms with Crippen molar-refractivity contribution in [1.29, 1.82) is 0 Å². The first-order valence-corrected chi connectivity index (χ1v) is 11.1. The minimum atomic E-state index is -0.253. The highest BCUT2D eigenvalue weighted by molar-refractivity contribution is 7.99. The van der Waals surface area contributed by atoms with E-state index in [4.69, 9.17) is 4.74 Å². The summed E-state index contributed by atoms with van der Waals surface area (Å²) in [6.45, 7) is 5.42. The quantitative estimate of drug-likeness (QED) is 0.572. The Morgan fingerprint density at radius 2 is 2.00 bits per heavy atom. The summed E-state index contributed by atoms with van der Waals surface area (Å²) in [5.41, 5.74) is 3.45. The van der Waals surface area contributed by atoms with Crippen LogP contribution in [0.2, 0.25) is 0 Å². The molecule has 29 heavy (non-hydrogen) atoms. The number of carbonyl (C=O) groups is 1. The number of hydrogen-bond acceptors (Lipinski definition) is 4. The van der Waals surface area contributed by atoms with Crippen molar-refractivity contribution in [3.8, 4) is 0 Å². The number of nitrogens with zero attached hydrogens (tertiary/aromatic N) is 2. The van der Waals surface area contributed by atoms with Crippen LogP contribution in [0.15, 0.2) is 48.5 Å². The molecule has 0 bridgehead atoms. The molecule has 1 unspecified atom stereocenters. The first-order valence-electron chi connectivity index (χ1n) is 10.0. The third-order valence-electron chi connectivity index (χ3n) is 5.20. The van der Waals surface area contributed by atoms with Gasteiger partial charge in [-0.25, -0.2) is 4.39 Å². The Morgan fingerprint density at radius 1 is 1.24 bits per heavy atom. The summed E-state index contributed by atoms with van der Waals surface area (Å²) in [4.78, 5) is 17.3. The van der Waals surface area contributed by atoms with Crippen LogP contribution in [0.1, 0.15) is 28.5 Å². The lowest BCUT2D eigenvalue weighted by atomic mass is 10.1. The van der Waals surface area contributed by atoms with E-state index in [1.807, 2.05) is 17.0 Å². The predicted molar refractivity (Wildman–Crippen MR) is 116 cm³/mol. The standard InChI is InChI=1S/C23H29FN2O2S/c1-18-6-3-4-7-20(18)16-25(12-5-14-28-2)17-22(27)26-13-15-29-23(26)19-8-10-21(24)11-9-19/h3-4,6-11,23H,5,12-17H2,1-2H3. The lowest BCUT2D eigenvalue weighted by Gasteiger charge is -2.28. The van der Waals surface area contributed by atoms with Crippen LogP contribution in [0.5, 0.6) is 0 Å². The van der Waals surface area contributed by atoms with E-state index in [0.717, 1.165) is 37.4 Å². The smallest absolute Gasteiger partial charge is 0.237 e. The fraction of sp³-hybridized carbons (Fsp3) is 0.435. The predicted octanol–water partition coefficient (Wildman–Crippen LogP) is 4.25. The Bertz CT molecular complexity index is 800. The number of thioether (sulfide) groups is 1. The molecule has 0 spiro atoms. The van der Waals surface area contributed by atoms with Gasteiger partial charge in [-0.1, -0.05) is 36.4 Å². The molecular weight excluding hydrogens is 387 g/mol. The van der Waals surface area contributed by atoms with Crippen LogP contribution in [0, 0.1) is 12.7 Å². The highest BCUT2D eigenvalue weighted by Crippen LogP contribution is 2.38. The highest BCUT2D eigenvalue weighted by Gasteiger charge is 2.31. The maximum absolute atomic E-state index is 13.3. The Balaban J connectivity index is 1.69. The molecule has 0 saturated carbocycles. The largest absolute Gasteiger partial charge is 0.385 e. The van der Waals surface area contributed by atoms with Crippen molar-refractivity contribution in [2.75, 3.05) is 39.1 Å². The maximum atomic E-state index is 13.3. The Kier molecular flexibility index (Phi) is 8.09. The van der Waals surface area contributed by atoms with Crippen LogP contribution in [-0.2, 0) is 16.1 Å². The second-order valence-corrected chi connectivity index (χ2v) is 8.53. The van der Waals surface area contributed by atoms with Gasteiger partial charge >= 0.3 is 0 Å². The Hall–Kier alpha value is -1.89. The molecule has 2 aromatic rings. The van der Waals surface area contributed by atoms with Gasteiger partial charge in [0.25, 0.3) is 0 Å². The van der Waals surface area contributed by atoms with Gasteiger partial charge in [0.2, 0.25) is 5.91 Å². The third kappa shape index (κ3) is 6.04. The van der Waals surface area contributed by atoms with Gasteiger partial charge in [0.05, 0.1) is 6.54 Å². The van der Waals surface area contributed by atoms with Crippen molar-refractivity contribution in [1.82, 2.24) is 9.80 Å². The topological polar surface area (TPSA) is 32.8 Å². The average Bonchev–Trinajstić information content (AvgIpc) is 3.20. The Labute approximate surface area is 177 Å². The first-order chi connectivity index (χ1) is 14.1. The van der Waals surface area contributed by atoms with Gasteiger partial charge in [0.1, 0.15) is 11.2 Å². The number of ether oxygens (including phenoxy) is 1. The molecule has 2 aromatic carbocycles. The van der Waals surface area contributed by atoms with Gasteiger partial charge in [-0.15, -0.1) is 11.8 Å². The molecule has 6 heteroatoms. The minimum absolute atomic E-state index is 0.0395. The van der Waals surface area contributed by atoms with Crippen LogP contribution < -0.4 is 0 Å². The van der Waals surface area contributed by atoms with Crippen LogP contribution >= 0.6 is 11.8 Å². The molecular formula is C23H29FN2O2S. The van der Waals surface area contributed by atoms with Crippen molar-refractivity contribution in [3.05, 3.63) is 71.0 Å². The average molecular weight is 417 g/mol. The zero-order chi connectivity index (χ0) is 20.6. The Morgan fingerprint density at radius 3 is 2.72 bits per heavy atom. The third-order valence-corrected chi connectivity index (χ3v) is 6.46. The molecule has 1 aliphatic heterocycles. The molecule has 1 saturated heterocycles. The van der Waals surface area contributed by atoms with Crippen LogP contribution in [0.3, 0.4) is 0 Å². The fourth-order valence-corrected chi connectivity index (χ4v) is 4.86. The molecule has 0 radical (unpaired) electrons. The fourth-order valence-electron chi connectivity index (χ4n) is 3.59. The molecule has 3 rings (SSSR count). The molecule has 1 atom stereocenters. The molecule has 0 aliphatic carbocycles. The number of amides is 1. The maximum Gasteiger partial charge on any atom is 0.237 e. The number of hydrogen-bond donors (Lipinski definition) is 0. The molecule has 156 valence electrons. The number of methoxy groups -OCH3 is 1. The van der Waals surface area contributed by atoms with Crippen molar-refractivity contribution in [2.45, 2.75) is 25.3 Å². The molecule has 1 heterocycles. The number of benzene rings is 2. The lowest BCUT2D eigenvalue weighted by Crippen LogP contribution is -2.40. The molecule has 1 aliphatic rings. The summed E-state index contributed by atoms with van der Waals surface area (Å²) in [6.07, 6.45) is 0.881. The highest BCUT2D eigenvalue weighted by atomic mass is 32.2. The lowest BCUT2D eigenvalue weighted by molar-refractivity contribution is -0.132. The molecule has 1 amide bonds. The second-order valence-electron chi connectivity index (χ2n) is 7.35. The van der Waals surface area contributed by atoms with Crippen LogP contribution in [0.4, 0.5) is 4.39 Å². The molecule has 4 nitrogen and oxygen atoms in total. The van der Waals surface area contributed by atoms with E-state index in [9.17, 15) is 9.18 Å². The van der Waals surface area contributed by atoms with E-state index in [1.165, 1.54) is 23.3 Å². The van der Waals surface area contributed by atoms with E-state index in [-0.39, 0.29) is 17.1 Å². The van der Waals surface area contributed by atoms with Crippen molar-refractivity contribution in [3.63, 3.8) is 0 Å². The monoisotopic (exact) mass is 416 g/mol. The second kappa shape index (κ2) is 10.8. The SMILES string of the molecule is COCCCN(CC(=O)N1CCSC1c1ccc(F)cc1)Cc1ccccc1C. The van der Waals surface area contributed by atoms with Gasteiger partial charge in [-0.05, 0) is 42.2 Å². The van der Waals surface area contributed by atoms with Gasteiger partial charge < -0.3 is 9.64 Å². The molecule has 0 aromatic heterocycles. The van der Waals surface area contributed by atoms with Gasteiger partial charge in [-0.3, -0.25) is 9.69 Å². The summed E-state index contributed by atoms with van der Waals surface area (Å²) < 4.78 is 18.5. The van der Waals surface area contributed by atoms with Gasteiger partial charge in [-0.2, -0.15) is 0 Å². The minimum Gasteiger partial charge on any atom is -0.385 e. The van der Waals surface area contributed by atoms with Crippen molar-refractivity contribution < 1.29 is 13.9 Å². The number of halogens is 1. The van der Waals surface area contributed by atoms with Gasteiger partial charge in [0.15, 0.2) is 0 Å². The van der Waals surface area contributed by atoms with Crippen LogP contribution in [-0.4, -0.2) is 54.8 Å². The first kappa shape index (κ1) is 21.8. The van der Waals surface area contributed by atoms with Gasteiger partial charge in [0, 0.05) is 39.1 Å². The summed E-state index contributed by atoms with van der Waals surface area (Å²) in [7, 11) is 1.70. The van der Waals surface area contributed by atoms with Crippen molar-refractivity contribution >= 4 is 17.7 Å². The van der Waals surface area contributed by atoms with Crippen molar-refractivity contribution in [2.24, 2.45) is 0 Å². The van der Waals surface area contributed by atoms with E-state index in [2.05, 4.69) is 24.0 Å². The number of aryl methyl sites for hydroxylation is 1. The zero-order valence-electron chi connectivity index (χ0n) is 17.1. The summed E-state index contributed by atoms with van der Waals surface area (Å²) >= 11 is 1.74. The number of carbonyl (C=O) groups excluding carboxylic acids is 1. The normalized spacial score (nSPS) is 16.6. The summed E-state index contributed by atoms with van der Waals surface area (Å²) in [6, 6.07) is 14.8. The van der Waals surface area contributed by atoms with Crippen LogP contribution in [0.25, 0.3) is 0 Å². The van der Waals surface area contributed by atoms with E-state index >= 15 is 0 Å². The zero-order valence-corrected chi connectivity index (χ0v) is 18.0.